The average molecular weight is 623 g/mol. The van der Waals surface area contributed by atoms with Gasteiger partial charge in [-0.3, -0.25) is 9.59 Å². The highest BCUT2D eigenvalue weighted by Crippen LogP contribution is 2.34. The van der Waals surface area contributed by atoms with E-state index in [2.05, 4.69) is 22.3 Å². The van der Waals surface area contributed by atoms with Gasteiger partial charge in [0.05, 0.1) is 24.6 Å². The Morgan fingerprint density at radius 3 is 2.50 bits per heavy atom. The molecule has 0 spiro atoms. The Balaban J connectivity index is 1.22. The molecule has 10 heteroatoms. The minimum Gasteiger partial charge on any atom is -0.484 e. The van der Waals surface area contributed by atoms with Crippen molar-refractivity contribution >= 4 is 23.2 Å². The second-order valence-corrected chi connectivity index (χ2v) is 11.1. The third-order valence-corrected chi connectivity index (χ3v) is 7.91. The summed E-state index contributed by atoms with van der Waals surface area (Å²) in [5, 5.41) is 3.08. The summed E-state index contributed by atoms with van der Waals surface area (Å²) >= 11 is 0. The molecule has 2 aliphatic heterocycles. The number of para-hydroxylation sites is 1. The van der Waals surface area contributed by atoms with Crippen LogP contribution in [0.25, 0.3) is 11.1 Å². The molecule has 46 heavy (non-hydrogen) atoms. The largest absolute Gasteiger partial charge is 0.484 e. The number of benzene rings is 4. The molecule has 1 saturated heterocycles. The summed E-state index contributed by atoms with van der Waals surface area (Å²) in [6.45, 7) is 4.16. The van der Waals surface area contributed by atoms with Crippen LogP contribution in [0.2, 0.25) is 0 Å². The number of fused-ring (bicyclic) bond motifs is 1. The van der Waals surface area contributed by atoms with E-state index in [0.29, 0.717) is 67.8 Å². The number of hydrogen-bond donors (Lipinski definition) is 2. The van der Waals surface area contributed by atoms with Crippen LogP contribution in [0.5, 0.6) is 17.2 Å². The fourth-order valence-electron chi connectivity index (χ4n) is 5.56. The third kappa shape index (κ3) is 7.59. The number of nitrogens with one attached hydrogen (secondary N) is 1. The number of carbonyl (C=O) groups excluding carboxylic acids is 2. The van der Waals surface area contributed by atoms with E-state index in [1.165, 1.54) is 0 Å². The zero-order valence-corrected chi connectivity index (χ0v) is 25.7. The average Bonchev–Trinajstić information content (AvgIpc) is 3.58. The minimum atomic E-state index is -0.248. The minimum absolute atomic E-state index is 0.102. The van der Waals surface area contributed by atoms with E-state index in [1.807, 2.05) is 65.6 Å². The molecule has 10 nitrogen and oxygen atoms in total. The normalized spacial score (nSPS) is 13.7. The number of hydrogen-bond acceptors (Lipinski definition) is 8. The van der Waals surface area contributed by atoms with Gasteiger partial charge in [0.2, 0.25) is 6.79 Å². The van der Waals surface area contributed by atoms with Crippen LogP contribution in [0.4, 0.5) is 11.4 Å². The molecule has 6 rings (SSSR count). The number of anilines is 2. The molecule has 4 aromatic rings. The number of nitrogens with zero attached hydrogens (tertiary/aromatic N) is 2. The van der Waals surface area contributed by atoms with E-state index in [0.717, 1.165) is 35.5 Å². The molecule has 1 fully saturated rings. The number of amides is 2. The lowest BCUT2D eigenvalue weighted by Crippen LogP contribution is -2.37. The molecule has 0 aliphatic carbocycles. The van der Waals surface area contributed by atoms with Gasteiger partial charge in [-0.2, -0.15) is 0 Å². The van der Waals surface area contributed by atoms with Crippen LogP contribution < -0.4 is 30.2 Å². The fourth-order valence-corrected chi connectivity index (χ4v) is 5.56. The topological polar surface area (TPSA) is 116 Å². The van der Waals surface area contributed by atoms with Crippen molar-refractivity contribution in [2.75, 3.05) is 63.0 Å². The molecule has 2 amide bonds. The SMILES string of the molecule is NCCCN(Cc1cccc(-c2ccc(N3CCOCC3)c(NC(=O)COc3ccccc3)c2)c1)C(=O)c1ccc2c(c1)OCO2. The second kappa shape index (κ2) is 14.8. The maximum absolute atomic E-state index is 13.6. The van der Waals surface area contributed by atoms with Crippen LogP contribution in [0, 0.1) is 0 Å². The molecular formula is C36H38N4O6. The van der Waals surface area contributed by atoms with Gasteiger partial charge in [0, 0.05) is 31.7 Å². The van der Waals surface area contributed by atoms with Crippen molar-refractivity contribution in [3.63, 3.8) is 0 Å². The van der Waals surface area contributed by atoms with E-state index >= 15 is 0 Å². The van der Waals surface area contributed by atoms with Crippen LogP contribution in [0.1, 0.15) is 22.3 Å². The quantitative estimate of drug-likeness (QED) is 0.229. The molecule has 0 unspecified atom stereocenters. The van der Waals surface area contributed by atoms with Crippen LogP contribution >= 0.6 is 0 Å². The summed E-state index contributed by atoms with van der Waals surface area (Å²) in [6.07, 6.45) is 0.677. The molecule has 238 valence electrons. The van der Waals surface area contributed by atoms with Crippen molar-refractivity contribution in [3.8, 4) is 28.4 Å². The number of rotatable bonds is 12. The van der Waals surface area contributed by atoms with E-state index in [9.17, 15) is 9.59 Å². The maximum Gasteiger partial charge on any atom is 0.262 e. The van der Waals surface area contributed by atoms with Gasteiger partial charge in [0.1, 0.15) is 5.75 Å². The summed E-state index contributed by atoms with van der Waals surface area (Å²) in [5.74, 6) is 1.49. The van der Waals surface area contributed by atoms with Gasteiger partial charge in [-0.15, -0.1) is 0 Å². The standard InChI is InChI=1S/C36H38N4O6/c37-14-5-15-40(36(42)29-11-13-33-34(22-29)46-25-45-33)23-26-6-4-7-27(20-26)28-10-12-32(39-16-18-43-19-17-39)31(21-28)38-35(41)24-44-30-8-2-1-3-9-30/h1-4,6-13,20-22H,5,14-19,23-25,37H2,(H,38,41). The summed E-state index contributed by atoms with van der Waals surface area (Å²) in [4.78, 5) is 30.7. The van der Waals surface area contributed by atoms with Crippen LogP contribution in [0.15, 0.2) is 91.0 Å². The molecule has 0 aromatic heterocycles. The Kier molecular flexibility index (Phi) is 9.97. The number of ether oxygens (including phenoxy) is 4. The van der Waals surface area contributed by atoms with Crippen molar-refractivity contribution in [1.29, 1.82) is 0 Å². The fraction of sp³-hybridized carbons (Fsp3) is 0.278. The molecule has 0 atom stereocenters. The summed E-state index contributed by atoms with van der Waals surface area (Å²) in [5.41, 5.74) is 10.9. The first-order chi connectivity index (χ1) is 22.6. The van der Waals surface area contributed by atoms with E-state index in [4.69, 9.17) is 24.7 Å². The highest BCUT2D eigenvalue weighted by atomic mass is 16.7. The monoisotopic (exact) mass is 622 g/mol. The summed E-state index contributed by atoms with van der Waals surface area (Å²) < 4.78 is 22.2. The molecule has 4 aromatic carbocycles. The van der Waals surface area contributed by atoms with Crippen LogP contribution in [-0.4, -0.2) is 69.5 Å². The highest BCUT2D eigenvalue weighted by Gasteiger charge is 2.21. The van der Waals surface area contributed by atoms with Gasteiger partial charge in [-0.05, 0) is 78.2 Å². The van der Waals surface area contributed by atoms with Crippen LogP contribution in [0.3, 0.4) is 0 Å². The van der Waals surface area contributed by atoms with Gasteiger partial charge in [0.25, 0.3) is 11.8 Å². The number of morpholine rings is 1. The van der Waals surface area contributed by atoms with Gasteiger partial charge >= 0.3 is 0 Å². The van der Waals surface area contributed by atoms with E-state index < -0.39 is 0 Å². The van der Waals surface area contributed by atoms with Gasteiger partial charge in [0.15, 0.2) is 18.1 Å². The predicted octanol–water partition coefficient (Wildman–Crippen LogP) is 4.93. The van der Waals surface area contributed by atoms with Gasteiger partial charge < -0.3 is 39.8 Å². The molecule has 3 N–H and O–H groups in total. The van der Waals surface area contributed by atoms with Crippen molar-refractivity contribution in [3.05, 3.63) is 102 Å². The molecule has 0 saturated carbocycles. The van der Waals surface area contributed by atoms with Crippen LogP contribution in [-0.2, 0) is 16.1 Å². The second-order valence-electron chi connectivity index (χ2n) is 11.1. The van der Waals surface area contributed by atoms with Crippen molar-refractivity contribution in [1.82, 2.24) is 4.90 Å². The van der Waals surface area contributed by atoms with Crippen molar-refractivity contribution < 1.29 is 28.5 Å². The summed E-state index contributed by atoms with van der Waals surface area (Å²) in [6, 6.07) is 28.7. The lowest BCUT2D eigenvalue weighted by atomic mass is 10.0. The van der Waals surface area contributed by atoms with Crippen molar-refractivity contribution in [2.24, 2.45) is 5.73 Å². The third-order valence-electron chi connectivity index (χ3n) is 7.91. The predicted molar refractivity (Wildman–Crippen MR) is 176 cm³/mol. The van der Waals surface area contributed by atoms with Crippen molar-refractivity contribution in [2.45, 2.75) is 13.0 Å². The maximum atomic E-state index is 13.6. The molecule has 0 radical (unpaired) electrons. The Morgan fingerprint density at radius 1 is 0.870 bits per heavy atom. The van der Waals surface area contributed by atoms with Gasteiger partial charge in [-0.1, -0.05) is 42.5 Å². The van der Waals surface area contributed by atoms with Gasteiger partial charge in [-0.25, -0.2) is 0 Å². The Morgan fingerprint density at radius 2 is 1.67 bits per heavy atom. The first-order valence-corrected chi connectivity index (χ1v) is 15.5. The van der Waals surface area contributed by atoms with E-state index in [-0.39, 0.29) is 25.2 Å². The summed E-state index contributed by atoms with van der Waals surface area (Å²) in [7, 11) is 0. The molecule has 2 aliphatic rings. The Labute approximate surface area is 268 Å². The molecule has 2 heterocycles. The lowest BCUT2D eigenvalue weighted by molar-refractivity contribution is -0.118. The first-order valence-electron chi connectivity index (χ1n) is 15.5. The zero-order chi connectivity index (χ0) is 31.7. The Bertz CT molecular complexity index is 1660. The zero-order valence-electron chi connectivity index (χ0n) is 25.7. The smallest absolute Gasteiger partial charge is 0.262 e. The number of carbonyl (C=O) groups is 2. The number of nitrogens with two attached hydrogens (primary N) is 1. The first kappa shape index (κ1) is 30.9. The molecular weight excluding hydrogens is 584 g/mol. The van der Waals surface area contributed by atoms with E-state index in [1.54, 1.807) is 18.2 Å². The highest BCUT2D eigenvalue weighted by molar-refractivity contribution is 5.97. The Hall–Kier alpha value is -5.06. The lowest BCUT2D eigenvalue weighted by Gasteiger charge is -2.31. The molecule has 0 bridgehead atoms.